The lowest BCUT2D eigenvalue weighted by molar-refractivity contribution is -0.129. The van der Waals surface area contributed by atoms with Gasteiger partial charge in [-0.1, -0.05) is 72.8 Å². The molecule has 0 aliphatic rings. The van der Waals surface area contributed by atoms with Gasteiger partial charge in [0.2, 0.25) is 11.8 Å². The minimum Gasteiger partial charge on any atom is -0.508 e. The van der Waals surface area contributed by atoms with E-state index in [-0.39, 0.29) is 30.1 Å². The van der Waals surface area contributed by atoms with Crippen LogP contribution in [-0.2, 0) is 16.1 Å². The van der Waals surface area contributed by atoms with Crippen LogP contribution in [0, 0.1) is 0 Å². The number of nitrogens with zero attached hydrogens (tertiary/aromatic N) is 1. The van der Waals surface area contributed by atoms with Crippen molar-refractivity contribution in [3.05, 3.63) is 102 Å². The van der Waals surface area contributed by atoms with Gasteiger partial charge in [-0.05, 0) is 48.1 Å². The Morgan fingerprint density at radius 3 is 1.94 bits per heavy atom. The molecule has 8 heteroatoms. The van der Waals surface area contributed by atoms with Gasteiger partial charge in [0.15, 0.2) is 5.96 Å². The maximum absolute atomic E-state index is 13.6. The summed E-state index contributed by atoms with van der Waals surface area (Å²) in [7, 11) is 0. The lowest BCUT2D eigenvalue weighted by Gasteiger charge is -2.23. The van der Waals surface area contributed by atoms with Crippen molar-refractivity contribution in [3.8, 4) is 5.75 Å². The fourth-order valence-electron chi connectivity index (χ4n) is 3.90. The zero-order chi connectivity index (χ0) is 25.8. The Morgan fingerprint density at radius 2 is 1.39 bits per heavy atom. The number of guanidine groups is 1. The zero-order valence-electron chi connectivity index (χ0n) is 20.1. The van der Waals surface area contributed by atoms with Gasteiger partial charge in [-0.15, -0.1) is 0 Å². The molecule has 0 radical (unpaired) electrons. The Hall–Kier alpha value is -4.33. The van der Waals surface area contributed by atoms with Crippen LogP contribution in [0.25, 0.3) is 0 Å². The third-order valence-electron chi connectivity index (χ3n) is 5.76. The highest BCUT2D eigenvalue weighted by molar-refractivity contribution is 5.92. The second-order valence-corrected chi connectivity index (χ2v) is 8.50. The first kappa shape index (κ1) is 26.3. The van der Waals surface area contributed by atoms with Gasteiger partial charge in [0.1, 0.15) is 11.8 Å². The predicted molar refractivity (Wildman–Crippen MR) is 141 cm³/mol. The monoisotopic (exact) mass is 487 g/mol. The molecule has 1 unspecified atom stereocenters. The first-order valence-corrected chi connectivity index (χ1v) is 12.0. The zero-order valence-corrected chi connectivity index (χ0v) is 20.1. The van der Waals surface area contributed by atoms with Crippen molar-refractivity contribution in [1.29, 1.82) is 0 Å². The normalized spacial score (nSPS) is 11.5. The van der Waals surface area contributed by atoms with E-state index in [0.717, 1.165) is 16.7 Å². The molecule has 3 aromatic rings. The number of phenolic OH excluding ortho intramolecular Hbond substituents is 1. The van der Waals surface area contributed by atoms with Crippen LogP contribution in [0.5, 0.6) is 5.75 Å². The predicted octanol–water partition coefficient (Wildman–Crippen LogP) is 2.77. The molecule has 1 atom stereocenters. The number of rotatable bonds is 12. The molecule has 0 fully saturated rings. The Labute approximate surface area is 211 Å². The summed E-state index contributed by atoms with van der Waals surface area (Å²) in [4.78, 5) is 30.7. The molecule has 0 heterocycles. The second kappa shape index (κ2) is 13.5. The van der Waals surface area contributed by atoms with Crippen LogP contribution in [0.15, 0.2) is 89.9 Å². The van der Waals surface area contributed by atoms with E-state index in [1.165, 1.54) is 0 Å². The number of amides is 2. The van der Waals surface area contributed by atoms with Crippen molar-refractivity contribution >= 4 is 17.8 Å². The first-order valence-electron chi connectivity index (χ1n) is 12.0. The van der Waals surface area contributed by atoms with E-state index in [2.05, 4.69) is 15.6 Å². The van der Waals surface area contributed by atoms with Crippen LogP contribution in [0.4, 0.5) is 0 Å². The van der Waals surface area contributed by atoms with E-state index < -0.39 is 12.0 Å². The van der Waals surface area contributed by atoms with Crippen molar-refractivity contribution in [2.24, 2.45) is 16.5 Å². The Balaban J connectivity index is 1.74. The summed E-state index contributed by atoms with van der Waals surface area (Å²) in [6.07, 6.45) is 1.76. The number of hydrogen-bond acceptors (Lipinski definition) is 4. The lowest BCUT2D eigenvalue weighted by atomic mass is 9.90. The average Bonchev–Trinajstić information content (AvgIpc) is 2.88. The van der Waals surface area contributed by atoms with Gasteiger partial charge in [-0.3, -0.25) is 14.6 Å². The van der Waals surface area contributed by atoms with Crippen LogP contribution in [0.3, 0.4) is 0 Å². The number of carbonyl (C=O) groups excluding carboxylic acids is 2. The highest BCUT2D eigenvalue weighted by Gasteiger charge is 2.27. The van der Waals surface area contributed by atoms with Gasteiger partial charge in [-0.2, -0.15) is 0 Å². The smallest absolute Gasteiger partial charge is 0.242 e. The van der Waals surface area contributed by atoms with Crippen molar-refractivity contribution in [3.63, 3.8) is 0 Å². The number of aliphatic imine (C=N–C) groups is 1. The standard InChI is InChI=1S/C28H33N5O3/c29-28(30)31-18-8-7-13-24(26(35)32-19-20-14-16-23(34)17-15-20)33-27(36)25(21-9-3-1-4-10-21)22-11-5-2-6-12-22/h1-6,9-12,14-17,24-25,34H,7-8,13,18-19H2,(H,32,35)(H,33,36)(H4,29,30,31). The maximum Gasteiger partial charge on any atom is 0.242 e. The van der Waals surface area contributed by atoms with Crippen molar-refractivity contribution in [1.82, 2.24) is 10.6 Å². The molecule has 0 aliphatic carbocycles. The van der Waals surface area contributed by atoms with Gasteiger partial charge in [0.25, 0.3) is 0 Å². The fourth-order valence-corrected chi connectivity index (χ4v) is 3.90. The van der Waals surface area contributed by atoms with Crippen molar-refractivity contribution in [2.75, 3.05) is 6.54 Å². The molecular weight excluding hydrogens is 454 g/mol. The molecule has 3 rings (SSSR count). The molecule has 0 aliphatic heterocycles. The van der Waals surface area contributed by atoms with Gasteiger partial charge >= 0.3 is 0 Å². The summed E-state index contributed by atoms with van der Waals surface area (Å²) in [5.41, 5.74) is 13.3. The number of carbonyl (C=O) groups is 2. The number of benzene rings is 3. The number of nitrogens with one attached hydrogen (secondary N) is 2. The molecule has 0 spiro atoms. The van der Waals surface area contributed by atoms with E-state index in [4.69, 9.17) is 11.5 Å². The van der Waals surface area contributed by atoms with Gasteiger partial charge in [0, 0.05) is 13.1 Å². The molecule has 2 amide bonds. The number of nitrogens with two attached hydrogens (primary N) is 2. The van der Waals surface area contributed by atoms with Gasteiger partial charge < -0.3 is 27.2 Å². The lowest BCUT2D eigenvalue weighted by Crippen LogP contribution is -2.48. The van der Waals surface area contributed by atoms with Crippen LogP contribution < -0.4 is 22.1 Å². The fraction of sp³-hybridized carbons (Fsp3) is 0.250. The summed E-state index contributed by atoms with van der Waals surface area (Å²) in [6.45, 7) is 0.731. The Bertz CT molecular complexity index is 1090. The van der Waals surface area contributed by atoms with Gasteiger partial charge in [0.05, 0.1) is 5.92 Å². The highest BCUT2D eigenvalue weighted by Crippen LogP contribution is 2.25. The molecule has 3 aromatic carbocycles. The molecule has 7 N–H and O–H groups in total. The minimum atomic E-state index is -0.733. The van der Waals surface area contributed by atoms with Crippen LogP contribution in [-0.4, -0.2) is 35.5 Å². The van der Waals surface area contributed by atoms with Crippen molar-refractivity contribution in [2.45, 2.75) is 37.8 Å². The minimum absolute atomic E-state index is 0.0278. The topological polar surface area (TPSA) is 143 Å². The summed E-state index contributed by atoms with van der Waals surface area (Å²) in [5.74, 6) is -0.898. The summed E-state index contributed by atoms with van der Waals surface area (Å²) in [6, 6.07) is 24.9. The largest absolute Gasteiger partial charge is 0.508 e. The highest BCUT2D eigenvalue weighted by atomic mass is 16.3. The quantitative estimate of drug-likeness (QED) is 0.152. The van der Waals surface area contributed by atoms with Crippen LogP contribution >= 0.6 is 0 Å². The van der Waals surface area contributed by atoms with Crippen molar-refractivity contribution < 1.29 is 14.7 Å². The summed E-state index contributed by atoms with van der Waals surface area (Å²) in [5, 5.41) is 15.4. The second-order valence-electron chi connectivity index (χ2n) is 8.50. The maximum atomic E-state index is 13.6. The number of phenols is 1. The molecule has 8 nitrogen and oxygen atoms in total. The molecule has 0 aromatic heterocycles. The SMILES string of the molecule is NC(N)=NCCCCC(NC(=O)C(c1ccccc1)c1ccccc1)C(=O)NCc1ccc(O)cc1. The van der Waals surface area contributed by atoms with Gasteiger partial charge in [-0.25, -0.2) is 0 Å². The molecule has 0 saturated heterocycles. The van der Waals surface area contributed by atoms with E-state index >= 15 is 0 Å². The van der Waals surface area contributed by atoms with Crippen LogP contribution in [0.2, 0.25) is 0 Å². The van der Waals surface area contributed by atoms with E-state index in [1.54, 1.807) is 24.3 Å². The molecule has 36 heavy (non-hydrogen) atoms. The Morgan fingerprint density at radius 1 is 0.806 bits per heavy atom. The molecular formula is C28H33N5O3. The van der Waals surface area contributed by atoms with E-state index in [0.29, 0.717) is 25.8 Å². The average molecular weight is 488 g/mol. The number of unbranched alkanes of at least 4 members (excludes halogenated alkanes) is 1. The van der Waals surface area contributed by atoms with E-state index in [9.17, 15) is 14.7 Å². The van der Waals surface area contributed by atoms with Crippen LogP contribution in [0.1, 0.15) is 41.9 Å². The molecule has 188 valence electrons. The number of hydrogen-bond donors (Lipinski definition) is 5. The number of aromatic hydroxyl groups is 1. The molecule has 0 saturated carbocycles. The summed E-state index contributed by atoms with van der Waals surface area (Å²) >= 11 is 0. The Kier molecular flexibility index (Phi) is 9.88. The first-order chi connectivity index (χ1) is 17.4. The van der Waals surface area contributed by atoms with E-state index in [1.807, 2.05) is 60.7 Å². The third kappa shape index (κ3) is 8.16. The third-order valence-corrected chi connectivity index (χ3v) is 5.76. The molecule has 0 bridgehead atoms. The summed E-state index contributed by atoms with van der Waals surface area (Å²) < 4.78 is 0.